The fraction of sp³-hybridized carbons (Fsp3) is 0.812. The molecule has 1 N–H and O–H groups in total. The van der Waals surface area contributed by atoms with Crippen LogP contribution in [0.25, 0.3) is 0 Å². The summed E-state index contributed by atoms with van der Waals surface area (Å²) in [5, 5.41) is 9.52. The first kappa shape index (κ1) is 12.3. The van der Waals surface area contributed by atoms with E-state index in [0.717, 1.165) is 18.8 Å². The average Bonchev–Trinajstić information content (AvgIpc) is 2.36. The third kappa shape index (κ3) is 1.64. The molecule has 4 atom stereocenters. The van der Waals surface area contributed by atoms with Gasteiger partial charge in [-0.15, -0.1) is 0 Å². The second-order valence-electron chi connectivity index (χ2n) is 6.97. The third-order valence-corrected chi connectivity index (χ3v) is 5.75. The fourth-order valence-electron chi connectivity index (χ4n) is 4.89. The lowest BCUT2D eigenvalue weighted by Crippen LogP contribution is -2.49. The molecule has 0 saturated heterocycles. The summed E-state index contributed by atoms with van der Waals surface area (Å²) < 4.78 is 0. The van der Waals surface area contributed by atoms with Crippen molar-refractivity contribution < 1.29 is 9.90 Å². The van der Waals surface area contributed by atoms with Gasteiger partial charge in [0.25, 0.3) is 0 Å². The summed E-state index contributed by atoms with van der Waals surface area (Å²) in [6.45, 7) is 4.44. The molecule has 2 bridgehead atoms. The van der Waals surface area contributed by atoms with Gasteiger partial charge >= 0.3 is 5.97 Å². The molecular formula is C16H24O2. The molecule has 18 heavy (non-hydrogen) atoms. The third-order valence-electron chi connectivity index (χ3n) is 5.75. The Hall–Kier alpha value is -0.790. The molecule has 100 valence electrons. The van der Waals surface area contributed by atoms with Crippen molar-refractivity contribution in [1.82, 2.24) is 0 Å². The van der Waals surface area contributed by atoms with Gasteiger partial charge in [0.1, 0.15) is 0 Å². The maximum Gasteiger partial charge on any atom is 0.307 e. The lowest BCUT2D eigenvalue weighted by Gasteiger charge is -2.56. The maximum atomic E-state index is 11.6. The van der Waals surface area contributed by atoms with Crippen LogP contribution in [0.15, 0.2) is 11.6 Å². The van der Waals surface area contributed by atoms with Crippen molar-refractivity contribution >= 4 is 5.97 Å². The van der Waals surface area contributed by atoms with Crippen molar-refractivity contribution in [2.45, 2.75) is 52.4 Å². The van der Waals surface area contributed by atoms with Crippen LogP contribution < -0.4 is 0 Å². The van der Waals surface area contributed by atoms with Crippen LogP contribution in [0.3, 0.4) is 0 Å². The normalized spacial score (nSPS) is 42.6. The average molecular weight is 248 g/mol. The number of rotatable bonds is 2. The van der Waals surface area contributed by atoms with Gasteiger partial charge in [-0.1, -0.05) is 38.3 Å². The fourth-order valence-corrected chi connectivity index (χ4v) is 4.89. The van der Waals surface area contributed by atoms with Crippen molar-refractivity contribution in [3.63, 3.8) is 0 Å². The highest BCUT2D eigenvalue weighted by atomic mass is 16.4. The molecule has 2 nitrogen and oxygen atoms in total. The predicted molar refractivity (Wildman–Crippen MR) is 71.2 cm³/mol. The van der Waals surface area contributed by atoms with Crippen LogP contribution in [0.1, 0.15) is 52.4 Å². The van der Waals surface area contributed by atoms with Gasteiger partial charge in [0.15, 0.2) is 0 Å². The Balaban J connectivity index is 2.02. The Bertz CT molecular complexity index is 396. The highest BCUT2D eigenvalue weighted by molar-refractivity contribution is 5.72. The van der Waals surface area contributed by atoms with Crippen molar-refractivity contribution in [3.8, 4) is 0 Å². The zero-order valence-electron chi connectivity index (χ0n) is 11.5. The molecule has 0 aromatic heterocycles. The molecule has 4 rings (SSSR count). The van der Waals surface area contributed by atoms with Gasteiger partial charge in [0.05, 0.1) is 5.92 Å². The molecule has 2 heteroatoms. The van der Waals surface area contributed by atoms with Crippen LogP contribution >= 0.6 is 0 Å². The van der Waals surface area contributed by atoms with Gasteiger partial charge < -0.3 is 5.11 Å². The molecule has 1 spiro atoms. The Labute approximate surface area is 109 Å². The van der Waals surface area contributed by atoms with Gasteiger partial charge in [0, 0.05) is 0 Å². The number of hydrogen-bond acceptors (Lipinski definition) is 1. The van der Waals surface area contributed by atoms with Crippen molar-refractivity contribution in [2.75, 3.05) is 0 Å². The van der Waals surface area contributed by atoms with Crippen LogP contribution in [-0.4, -0.2) is 11.1 Å². The minimum Gasteiger partial charge on any atom is -0.481 e. The molecule has 4 aliphatic rings. The van der Waals surface area contributed by atoms with Crippen molar-refractivity contribution in [3.05, 3.63) is 11.6 Å². The van der Waals surface area contributed by atoms with Crippen LogP contribution in [0.5, 0.6) is 0 Å². The second kappa shape index (κ2) is 4.11. The van der Waals surface area contributed by atoms with Crippen LogP contribution in [-0.2, 0) is 4.79 Å². The molecule has 0 aromatic rings. The molecule has 2 fully saturated rings. The Kier molecular flexibility index (Phi) is 2.80. The van der Waals surface area contributed by atoms with Gasteiger partial charge in [-0.25, -0.2) is 0 Å². The van der Waals surface area contributed by atoms with E-state index in [1.165, 1.54) is 31.3 Å². The van der Waals surface area contributed by atoms with E-state index < -0.39 is 5.97 Å². The monoisotopic (exact) mass is 248 g/mol. The molecule has 0 aromatic carbocycles. The van der Waals surface area contributed by atoms with Crippen LogP contribution in [0.4, 0.5) is 0 Å². The zero-order valence-corrected chi connectivity index (χ0v) is 11.5. The molecule has 0 aliphatic heterocycles. The van der Waals surface area contributed by atoms with E-state index in [4.69, 9.17) is 0 Å². The summed E-state index contributed by atoms with van der Waals surface area (Å²) in [5.41, 5.74) is 1.70. The zero-order chi connectivity index (χ0) is 12.9. The van der Waals surface area contributed by atoms with Gasteiger partial charge in [-0.2, -0.15) is 0 Å². The SMILES string of the molecule is CC(C)C1=CC23CCCCC2CC1C(C(=O)O)C3. The number of hydrogen-bond donors (Lipinski definition) is 1. The highest BCUT2D eigenvalue weighted by Gasteiger charge is 2.54. The number of carboxylic acid groups (broad SMARTS) is 1. The largest absolute Gasteiger partial charge is 0.481 e. The van der Waals surface area contributed by atoms with E-state index in [2.05, 4.69) is 19.9 Å². The van der Waals surface area contributed by atoms with E-state index in [1.807, 2.05) is 0 Å². The van der Waals surface area contributed by atoms with E-state index in [9.17, 15) is 9.90 Å². The Morgan fingerprint density at radius 1 is 1.44 bits per heavy atom. The van der Waals surface area contributed by atoms with E-state index in [0.29, 0.717) is 11.8 Å². The van der Waals surface area contributed by atoms with Crippen LogP contribution in [0, 0.1) is 29.1 Å². The highest BCUT2D eigenvalue weighted by Crippen LogP contribution is 2.61. The predicted octanol–water partition coefficient (Wildman–Crippen LogP) is 3.87. The number of carbonyl (C=O) groups is 1. The van der Waals surface area contributed by atoms with Crippen LogP contribution in [0.2, 0.25) is 0 Å². The number of aliphatic carboxylic acids is 1. The molecular weight excluding hydrogens is 224 g/mol. The van der Waals surface area contributed by atoms with E-state index >= 15 is 0 Å². The minimum absolute atomic E-state index is 0.109. The second-order valence-corrected chi connectivity index (χ2v) is 6.97. The molecule has 0 heterocycles. The topological polar surface area (TPSA) is 37.3 Å². The summed E-state index contributed by atoms with van der Waals surface area (Å²) in [5.74, 6) is 0.940. The molecule has 2 saturated carbocycles. The number of allylic oxidation sites excluding steroid dienone is 2. The first-order valence-electron chi connectivity index (χ1n) is 7.49. The quantitative estimate of drug-likeness (QED) is 0.753. The number of fused-ring (bicyclic) bond motifs is 1. The summed E-state index contributed by atoms with van der Waals surface area (Å²) in [6.07, 6.45) is 9.76. The van der Waals surface area contributed by atoms with E-state index in [-0.39, 0.29) is 11.3 Å². The summed E-state index contributed by atoms with van der Waals surface area (Å²) in [4.78, 5) is 11.6. The Morgan fingerprint density at radius 2 is 2.22 bits per heavy atom. The molecule has 0 amide bonds. The number of carboxylic acids is 1. The summed E-state index contributed by atoms with van der Waals surface area (Å²) in [7, 11) is 0. The first-order chi connectivity index (χ1) is 8.53. The standard InChI is InChI=1S/C16H24O2/c1-10(2)13-8-16-6-4-3-5-11(16)7-12(13)14(9-16)15(17)18/h8,10-12,14H,3-7,9H2,1-2H3,(H,17,18). The molecule has 4 aliphatic carbocycles. The van der Waals surface area contributed by atoms with Gasteiger partial charge in [-0.05, 0) is 48.9 Å². The molecule has 0 radical (unpaired) electrons. The first-order valence-corrected chi connectivity index (χ1v) is 7.49. The lowest BCUT2D eigenvalue weighted by atomic mass is 9.48. The summed E-state index contributed by atoms with van der Waals surface area (Å²) >= 11 is 0. The van der Waals surface area contributed by atoms with Gasteiger partial charge in [0.2, 0.25) is 0 Å². The minimum atomic E-state index is -0.561. The Morgan fingerprint density at radius 3 is 2.89 bits per heavy atom. The lowest BCUT2D eigenvalue weighted by molar-refractivity contribution is -0.149. The van der Waals surface area contributed by atoms with E-state index in [1.54, 1.807) is 0 Å². The smallest absolute Gasteiger partial charge is 0.307 e. The summed E-state index contributed by atoms with van der Waals surface area (Å²) in [6, 6.07) is 0. The van der Waals surface area contributed by atoms with Crippen molar-refractivity contribution in [2.24, 2.45) is 29.1 Å². The van der Waals surface area contributed by atoms with Gasteiger partial charge in [-0.3, -0.25) is 4.79 Å². The van der Waals surface area contributed by atoms with Crippen molar-refractivity contribution in [1.29, 1.82) is 0 Å². The maximum absolute atomic E-state index is 11.6. The molecule has 4 unspecified atom stereocenters.